The van der Waals surface area contributed by atoms with Gasteiger partial charge in [-0.05, 0) is 26.7 Å². The van der Waals surface area contributed by atoms with Gasteiger partial charge in [-0.15, -0.1) is 0 Å². The van der Waals surface area contributed by atoms with Crippen molar-refractivity contribution in [3.63, 3.8) is 0 Å². The lowest BCUT2D eigenvalue weighted by Gasteiger charge is -2.21. The number of hydrogen-bond donors (Lipinski definition) is 2. The maximum atomic E-state index is 12.5. The summed E-state index contributed by atoms with van der Waals surface area (Å²) in [6.45, 7) is 7.65. The number of carbonyl (C=O) groups excluding carboxylic acids is 1. The van der Waals surface area contributed by atoms with Crippen molar-refractivity contribution in [1.82, 2.24) is 19.5 Å². The number of nitrogen functional groups attached to an aromatic ring is 1. The molecule has 0 radical (unpaired) electrons. The normalized spacial score (nSPS) is 13.1. The van der Waals surface area contributed by atoms with Crippen LogP contribution in [0.3, 0.4) is 0 Å². The minimum Gasteiger partial charge on any atom is -0.465 e. The highest BCUT2D eigenvalue weighted by molar-refractivity contribution is 5.70. The first-order chi connectivity index (χ1) is 19.4. The molecule has 0 fully saturated rings. The quantitative estimate of drug-likeness (QED) is 0.105. The van der Waals surface area contributed by atoms with Crippen molar-refractivity contribution >= 4 is 23.1 Å². The lowest BCUT2D eigenvalue weighted by atomic mass is 10.0. The third kappa shape index (κ3) is 13.8. The van der Waals surface area contributed by atoms with Gasteiger partial charge in [0.15, 0.2) is 11.2 Å². The Morgan fingerprint density at radius 1 is 0.950 bits per heavy atom. The van der Waals surface area contributed by atoms with Crippen LogP contribution in [-0.4, -0.2) is 44.8 Å². The molecule has 0 spiro atoms. The number of carbonyl (C=O) groups is 1. The molecule has 0 aliphatic carbocycles. The number of imidazole rings is 1. The van der Waals surface area contributed by atoms with E-state index >= 15 is 0 Å². The van der Waals surface area contributed by atoms with Crippen LogP contribution in [0, 0.1) is 5.92 Å². The molecule has 1 unspecified atom stereocenters. The average molecular weight is 562 g/mol. The Morgan fingerprint density at radius 2 is 1.52 bits per heavy atom. The van der Waals surface area contributed by atoms with Crippen LogP contribution in [0.15, 0.2) is 11.1 Å². The van der Waals surface area contributed by atoms with Gasteiger partial charge in [0.2, 0.25) is 5.95 Å². The fourth-order valence-corrected chi connectivity index (χ4v) is 5.32. The van der Waals surface area contributed by atoms with Gasteiger partial charge in [0, 0.05) is 25.5 Å². The summed E-state index contributed by atoms with van der Waals surface area (Å²) in [5.41, 5.74) is 6.05. The second-order valence-electron chi connectivity index (χ2n) is 11.3. The van der Waals surface area contributed by atoms with E-state index in [1.807, 2.05) is 13.8 Å². The molecule has 40 heavy (non-hydrogen) atoms. The van der Waals surface area contributed by atoms with Crippen molar-refractivity contribution in [2.75, 3.05) is 18.9 Å². The van der Waals surface area contributed by atoms with E-state index in [1.165, 1.54) is 83.5 Å². The molecule has 3 N–H and O–H groups in total. The van der Waals surface area contributed by atoms with Crippen molar-refractivity contribution in [2.24, 2.45) is 5.92 Å². The molecule has 0 saturated carbocycles. The first-order valence-corrected chi connectivity index (χ1v) is 15.9. The molecule has 0 aliphatic heterocycles. The fraction of sp³-hybridized carbons (Fsp3) is 0.806. The van der Waals surface area contributed by atoms with Gasteiger partial charge in [-0.25, -0.2) is 4.98 Å². The van der Waals surface area contributed by atoms with E-state index in [1.54, 1.807) is 10.9 Å². The molecule has 0 aliphatic rings. The van der Waals surface area contributed by atoms with Crippen molar-refractivity contribution in [3.8, 4) is 0 Å². The zero-order valence-electron chi connectivity index (χ0n) is 25.4. The van der Waals surface area contributed by atoms with Crippen molar-refractivity contribution in [3.05, 3.63) is 16.7 Å². The van der Waals surface area contributed by atoms with E-state index in [4.69, 9.17) is 15.2 Å². The van der Waals surface area contributed by atoms with E-state index < -0.39 is 0 Å². The number of ether oxygens (including phenoxy) is 2. The molecule has 2 heterocycles. The zero-order valence-corrected chi connectivity index (χ0v) is 25.4. The van der Waals surface area contributed by atoms with Crippen LogP contribution >= 0.6 is 0 Å². The summed E-state index contributed by atoms with van der Waals surface area (Å²) in [6, 6.07) is 0. The molecule has 2 rings (SSSR count). The highest BCUT2D eigenvalue weighted by Crippen LogP contribution is 2.18. The van der Waals surface area contributed by atoms with Crippen LogP contribution < -0.4 is 11.3 Å². The Hall–Kier alpha value is -2.42. The van der Waals surface area contributed by atoms with Crippen LogP contribution in [-0.2, 0) is 20.8 Å². The van der Waals surface area contributed by atoms with Crippen molar-refractivity contribution < 1.29 is 14.3 Å². The minimum absolute atomic E-state index is 0.00808. The Balaban J connectivity index is 1.61. The third-order valence-corrected chi connectivity index (χ3v) is 7.53. The number of H-pyrrole nitrogens is 1. The minimum atomic E-state index is -0.365. The van der Waals surface area contributed by atoms with Gasteiger partial charge in [0.25, 0.3) is 5.56 Å². The number of aromatic amines is 1. The third-order valence-electron chi connectivity index (χ3n) is 7.53. The number of nitrogens with zero attached hydrogens (tertiary/aromatic N) is 3. The van der Waals surface area contributed by atoms with E-state index in [9.17, 15) is 9.59 Å². The average Bonchev–Trinajstić information content (AvgIpc) is 3.32. The smallest absolute Gasteiger partial charge is 0.305 e. The molecule has 0 bridgehead atoms. The lowest BCUT2D eigenvalue weighted by Crippen LogP contribution is -2.24. The van der Waals surface area contributed by atoms with Gasteiger partial charge < -0.3 is 19.8 Å². The summed E-state index contributed by atoms with van der Waals surface area (Å²) in [4.78, 5) is 35.5. The maximum absolute atomic E-state index is 12.5. The van der Waals surface area contributed by atoms with E-state index in [0.717, 1.165) is 12.8 Å². The summed E-state index contributed by atoms with van der Waals surface area (Å²) in [5.74, 6) is -0.113. The van der Waals surface area contributed by atoms with Crippen LogP contribution in [0.25, 0.3) is 11.2 Å². The molecule has 9 nitrogen and oxygen atoms in total. The Kier molecular flexibility index (Phi) is 17.3. The first kappa shape index (κ1) is 33.8. The number of rotatable bonds is 24. The summed E-state index contributed by atoms with van der Waals surface area (Å²) in [6.07, 6.45) is 22.2. The summed E-state index contributed by atoms with van der Waals surface area (Å²) in [5, 5.41) is 0. The Labute approximate surface area is 241 Å². The van der Waals surface area contributed by atoms with Gasteiger partial charge in [-0.3, -0.25) is 14.6 Å². The molecule has 2 atom stereocenters. The molecule has 2 aromatic heterocycles. The highest BCUT2D eigenvalue weighted by Gasteiger charge is 2.19. The molecule has 0 saturated heterocycles. The lowest BCUT2D eigenvalue weighted by molar-refractivity contribution is -0.145. The van der Waals surface area contributed by atoms with Crippen molar-refractivity contribution in [1.29, 1.82) is 0 Å². The van der Waals surface area contributed by atoms with Gasteiger partial charge in [0.1, 0.15) is 0 Å². The molecule has 228 valence electrons. The van der Waals surface area contributed by atoms with E-state index in [2.05, 4.69) is 21.9 Å². The number of unbranched alkanes of at least 4 members (excludes halogenated alkanes) is 14. The van der Waals surface area contributed by atoms with Gasteiger partial charge in [0.05, 0.1) is 19.0 Å². The van der Waals surface area contributed by atoms with Crippen LogP contribution in [0.2, 0.25) is 0 Å². The number of hydrogen-bond acceptors (Lipinski definition) is 7. The van der Waals surface area contributed by atoms with Crippen LogP contribution in [0.4, 0.5) is 5.95 Å². The first-order valence-electron chi connectivity index (χ1n) is 15.9. The SMILES string of the molecule is CCCCCCCCCCCCCCCCCC(=O)OC[C@H](CC(C)OCC)Cn1cnc2c(=O)[nH]c(N)nc21. The van der Waals surface area contributed by atoms with Gasteiger partial charge >= 0.3 is 5.97 Å². The second kappa shape index (κ2) is 20.5. The van der Waals surface area contributed by atoms with Crippen LogP contribution in [0.5, 0.6) is 0 Å². The number of aromatic nitrogens is 4. The van der Waals surface area contributed by atoms with E-state index in [-0.39, 0.29) is 41.6 Å². The Bertz CT molecular complexity index is 1010. The largest absolute Gasteiger partial charge is 0.465 e. The number of fused-ring (bicyclic) bond motifs is 1. The van der Waals surface area contributed by atoms with E-state index in [0.29, 0.717) is 31.6 Å². The fourth-order valence-electron chi connectivity index (χ4n) is 5.32. The monoisotopic (exact) mass is 561 g/mol. The summed E-state index contributed by atoms with van der Waals surface area (Å²) >= 11 is 0. The Morgan fingerprint density at radius 3 is 2.10 bits per heavy atom. The number of nitrogens with two attached hydrogens (primary N) is 1. The molecule has 2 aromatic rings. The molecule has 0 aromatic carbocycles. The zero-order chi connectivity index (χ0) is 29.0. The molecule has 9 heteroatoms. The highest BCUT2D eigenvalue weighted by atomic mass is 16.5. The summed E-state index contributed by atoms with van der Waals surface area (Å²) < 4.78 is 13.2. The molecular weight excluding hydrogens is 506 g/mol. The number of esters is 1. The number of nitrogens with one attached hydrogen (secondary N) is 1. The topological polar surface area (TPSA) is 125 Å². The van der Waals surface area contributed by atoms with Gasteiger partial charge in [-0.2, -0.15) is 4.98 Å². The standard InChI is InChI=1S/C31H55N5O4/c1-4-6-7-8-9-10-11-12-13-14-15-16-17-18-19-20-27(37)40-23-26(21-25(3)39-5-2)22-36-24-33-28-29(36)34-31(32)35-30(28)38/h24-26H,4-23H2,1-3H3,(H3,32,34,35,38)/t25?,26-/m1/s1. The van der Waals surface area contributed by atoms with Crippen LogP contribution in [0.1, 0.15) is 130 Å². The number of anilines is 1. The maximum Gasteiger partial charge on any atom is 0.305 e. The predicted molar refractivity (Wildman–Crippen MR) is 162 cm³/mol. The second-order valence-corrected chi connectivity index (χ2v) is 11.3. The molecule has 0 amide bonds. The predicted octanol–water partition coefficient (Wildman–Crippen LogP) is 6.94. The summed E-state index contributed by atoms with van der Waals surface area (Å²) in [7, 11) is 0. The van der Waals surface area contributed by atoms with Gasteiger partial charge in [-0.1, -0.05) is 96.8 Å². The van der Waals surface area contributed by atoms with Crippen molar-refractivity contribution in [2.45, 2.75) is 143 Å². The molecular formula is C31H55N5O4.